The van der Waals surface area contributed by atoms with Crippen molar-refractivity contribution < 1.29 is 38.2 Å². The van der Waals surface area contributed by atoms with Crippen molar-refractivity contribution in [2.45, 2.75) is 19.8 Å². The number of hydrogen-bond donors (Lipinski definition) is 1. The molecular weight excluding hydrogens is 636 g/mol. The lowest BCUT2D eigenvalue weighted by molar-refractivity contribution is -0.123. The number of ketones is 2. The average molecular weight is 669 g/mol. The number of phenols is 1. The standard InChI is InChI=1S/C40H32N2O8/c1-20-16-30(43)28-19-27-24(25(34(28)36(20)44)13-8-21-17-32(48-2)37(45)33(18-21)49-3)14-15-26-35(27)40(47)42(39(26)46)23-11-9-22(10-12-23)38-41-29-6-4-5-7-31(29)50-38/h4-14,16-18,25-27,35,45H,15,19H2,1-3H3/t25-,26-,27+,35-/m0/s1. The minimum absolute atomic E-state index is 0.139. The molecule has 0 radical (unpaired) electrons. The smallest absolute Gasteiger partial charge is 0.238 e. The highest BCUT2D eigenvalue weighted by Crippen LogP contribution is 2.53. The Hall–Kier alpha value is -6.03. The lowest BCUT2D eigenvalue weighted by Gasteiger charge is -2.41. The van der Waals surface area contributed by atoms with Crippen LogP contribution in [-0.4, -0.2) is 47.7 Å². The van der Waals surface area contributed by atoms with Crippen LogP contribution in [0.15, 0.2) is 106 Å². The van der Waals surface area contributed by atoms with Crippen LogP contribution in [-0.2, 0) is 19.2 Å². The van der Waals surface area contributed by atoms with E-state index in [0.717, 1.165) is 11.1 Å². The van der Waals surface area contributed by atoms with Crippen molar-refractivity contribution in [1.29, 1.82) is 0 Å². The van der Waals surface area contributed by atoms with Gasteiger partial charge in [-0.25, -0.2) is 4.98 Å². The fraction of sp³-hybridized carbons (Fsp3) is 0.225. The van der Waals surface area contributed by atoms with E-state index in [-0.39, 0.29) is 47.1 Å². The molecule has 4 atom stereocenters. The number of para-hydroxylation sites is 2. The zero-order valence-electron chi connectivity index (χ0n) is 27.5. The first-order valence-electron chi connectivity index (χ1n) is 16.4. The maximum absolute atomic E-state index is 14.3. The maximum Gasteiger partial charge on any atom is 0.238 e. The van der Waals surface area contributed by atoms with Gasteiger partial charge in [0.15, 0.2) is 28.6 Å². The van der Waals surface area contributed by atoms with Gasteiger partial charge in [0.25, 0.3) is 0 Å². The van der Waals surface area contributed by atoms with E-state index < -0.39 is 23.7 Å². The molecule has 0 saturated carbocycles. The van der Waals surface area contributed by atoms with Gasteiger partial charge in [0, 0.05) is 28.2 Å². The summed E-state index contributed by atoms with van der Waals surface area (Å²) in [7, 11) is 2.87. The summed E-state index contributed by atoms with van der Waals surface area (Å²) in [5.41, 5.74) is 5.14. The number of carbonyl (C=O) groups excluding carboxylic acids is 4. The van der Waals surface area contributed by atoms with Gasteiger partial charge >= 0.3 is 0 Å². The number of rotatable bonds is 6. The zero-order chi connectivity index (χ0) is 34.8. The largest absolute Gasteiger partial charge is 0.502 e. The third-order valence-electron chi connectivity index (χ3n) is 10.3. The third-order valence-corrected chi connectivity index (χ3v) is 10.3. The first-order chi connectivity index (χ1) is 24.2. The Morgan fingerprint density at radius 3 is 2.36 bits per heavy atom. The topological polar surface area (TPSA) is 136 Å². The summed E-state index contributed by atoms with van der Waals surface area (Å²) < 4.78 is 16.5. The lowest BCUT2D eigenvalue weighted by Crippen LogP contribution is -2.40. The molecule has 1 aromatic heterocycles. The number of anilines is 1. The van der Waals surface area contributed by atoms with E-state index in [1.54, 1.807) is 49.4 Å². The number of carbonyl (C=O) groups is 4. The van der Waals surface area contributed by atoms with Gasteiger partial charge in [0.05, 0.1) is 31.7 Å². The molecule has 0 spiro atoms. The molecular formula is C40H32N2O8. The molecule has 10 heteroatoms. The summed E-state index contributed by atoms with van der Waals surface area (Å²) in [6.45, 7) is 1.63. The number of methoxy groups -OCH3 is 2. The number of fused-ring (bicyclic) bond motifs is 4. The molecule has 2 amide bonds. The van der Waals surface area contributed by atoms with Crippen LogP contribution in [0.2, 0.25) is 0 Å². The molecule has 0 bridgehead atoms. The van der Waals surface area contributed by atoms with E-state index >= 15 is 0 Å². The van der Waals surface area contributed by atoms with Crippen LogP contribution >= 0.6 is 0 Å². The predicted octanol–water partition coefficient (Wildman–Crippen LogP) is 6.40. The predicted molar refractivity (Wildman–Crippen MR) is 184 cm³/mol. The van der Waals surface area contributed by atoms with E-state index in [1.807, 2.05) is 36.4 Å². The molecule has 2 heterocycles. The third kappa shape index (κ3) is 4.81. The van der Waals surface area contributed by atoms with Crippen LogP contribution < -0.4 is 14.4 Å². The molecule has 1 saturated heterocycles. The van der Waals surface area contributed by atoms with Gasteiger partial charge in [-0.3, -0.25) is 24.1 Å². The Morgan fingerprint density at radius 1 is 0.940 bits per heavy atom. The van der Waals surface area contributed by atoms with Crippen molar-refractivity contribution in [2.75, 3.05) is 19.1 Å². The minimum atomic E-state index is -0.701. The second-order valence-electron chi connectivity index (χ2n) is 13.0. The number of aromatic nitrogens is 1. The van der Waals surface area contributed by atoms with Crippen LogP contribution in [0.1, 0.15) is 25.3 Å². The molecule has 3 aliphatic carbocycles. The Kier molecular flexibility index (Phi) is 7.40. The fourth-order valence-corrected chi connectivity index (χ4v) is 7.86. The first-order valence-corrected chi connectivity index (χ1v) is 16.4. The highest BCUT2D eigenvalue weighted by molar-refractivity contribution is 6.24. The summed E-state index contributed by atoms with van der Waals surface area (Å²) in [6.07, 6.45) is 7.46. The van der Waals surface area contributed by atoms with Crippen LogP contribution in [0.5, 0.6) is 17.2 Å². The number of benzene rings is 3. The van der Waals surface area contributed by atoms with Gasteiger partial charge < -0.3 is 19.0 Å². The quantitative estimate of drug-likeness (QED) is 0.141. The van der Waals surface area contributed by atoms with Crippen molar-refractivity contribution in [1.82, 2.24) is 4.98 Å². The van der Waals surface area contributed by atoms with Crippen molar-refractivity contribution in [2.24, 2.45) is 23.7 Å². The number of hydrogen-bond acceptors (Lipinski definition) is 9. The molecule has 1 fully saturated rings. The number of aromatic hydroxyl groups is 1. The number of phenolic OH excluding ortho intramolecular Hbond substituents is 1. The normalized spacial score (nSPS) is 23.2. The SMILES string of the molecule is COc1cc(C=C[C@H]2C3=CC[C@@H]4C(=O)N(c5ccc(-c6nc7ccccc7o6)cc5)C(=O)[C@@H]4[C@@H]3CC3=C2C(=O)C(C)=CC3=O)cc(OC)c1O. The highest BCUT2D eigenvalue weighted by atomic mass is 16.5. The van der Waals surface area contributed by atoms with Gasteiger partial charge in [-0.05, 0) is 85.9 Å². The monoisotopic (exact) mass is 668 g/mol. The van der Waals surface area contributed by atoms with Gasteiger partial charge in [-0.15, -0.1) is 0 Å². The molecule has 250 valence electrons. The molecule has 1 N–H and O–H groups in total. The van der Waals surface area contributed by atoms with Gasteiger partial charge in [-0.1, -0.05) is 35.9 Å². The molecule has 4 aliphatic rings. The van der Waals surface area contributed by atoms with E-state index in [4.69, 9.17) is 13.9 Å². The molecule has 3 aromatic carbocycles. The maximum atomic E-state index is 14.3. The van der Waals surface area contributed by atoms with E-state index in [0.29, 0.717) is 51.4 Å². The molecule has 50 heavy (non-hydrogen) atoms. The van der Waals surface area contributed by atoms with Crippen LogP contribution in [0.4, 0.5) is 5.69 Å². The van der Waals surface area contributed by atoms with Crippen LogP contribution in [0.3, 0.4) is 0 Å². The molecule has 4 aromatic rings. The molecule has 10 nitrogen and oxygen atoms in total. The fourth-order valence-electron chi connectivity index (χ4n) is 7.86. The Bertz CT molecular complexity index is 2210. The summed E-state index contributed by atoms with van der Waals surface area (Å²) in [5, 5.41) is 10.4. The van der Waals surface area contributed by atoms with Crippen LogP contribution in [0.25, 0.3) is 28.6 Å². The second kappa shape index (κ2) is 11.8. The number of amides is 2. The number of oxazole rings is 1. The van der Waals surface area contributed by atoms with Crippen molar-refractivity contribution in [3.63, 3.8) is 0 Å². The summed E-state index contributed by atoms with van der Waals surface area (Å²) in [4.78, 5) is 61.1. The Labute approximate surface area is 287 Å². The average Bonchev–Trinajstić information content (AvgIpc) is 3.67. The number of imide groups is 1. The van der Waals surface area contributed by atoms with E-state index in [2.05, 4.69) is 4.98 Å². The van der Waals surface area contributed by atoms with Crippen molar-refractivity contribution in [3.05, 3.63) is 107 Å². The molecule has 8 rings (SSSR count). The molecule has 1 aliphatic heterocycles. The number of ether oxygens (including phenoxy) is 2. The number of Topliss-reactive ketones (excluding diaryl/α,β-unsaturated/α-hetero) is 1. The van der Waals surface area contributed by atoms with Gasteiger partial charge in [-0.2, -0.15) is 0 Å². The van der Waals surface area contributed by atoms with Gasteiger partial charge in [0.1, 0.15) is 5.52 Å². The van der Waals surface area contributed by atoms with E-state index in [9.17, 15) is 24.3 Å². The number of allylic oxidation sites excluding steroid dienone is 7. The van der Waals surface area contributed by atoms with Gasteiger partial charge in [0.2, 0.25) is 23.5 Å². The Morgan fingerprint density at radius 2 is 1.66 bits per heavy atom. The van der Waals surface area contributed by atoms with Crippen LogP contribution in [0, 0.1) is 23.7 Å². The summed E-state index contributed by atoms with van der Waals surface area (Å²) in [6, 6.07) is 17.7. The lowest BCUT2D eigenvalue weighted by atomic mass is 9.60. The van der Waals surface area contributed by atoms with Crippen molar-refractivity contribution in [3.8, 4) is 28.7 Å². The molecule has 0 unspecified atom stereocenters. The summed E-state index contributed by atoms with van der Waals surface area (Å²) in [5.74, 6) is -2.74. The Balaban J connectivity index is 1.14. The minimum Gasteiger partial charge on any atom is -0.502 e. The number of nitrogens with zero attached hydrogens (tertiary/aromatic N) is 2. The highest BCUT2D eigenvalue weighted by Gasteiger charge is 2.56. The summed E-state index contributed by atoms with van der Waals surface area (Å²) >= 11 is 0. The zero-order valence-corrected chi connectivity index (χ0v) is 27.5. The second-order valence-corrected chi connectivity index (χ2v) is 13.0. The van der Waals surface area contributed by atoms with Crippen molar-refractivity contribution >= 4 is 46.2 Å². The van der Waals surface area contributed by atoms with E-state index in [1.165, 1.54) is 25.2 Å². The first kappa shape index (κ1) is 31.3.